The van der Waals surface area contributed by atoms with E-state index < -0.39 is 0 Å². The second kappa shape index (κ2) is 3.07. The van der Waals surface area contributed by atoms with Crippen LogP contribution in [0, 0.1) is 5.82 Å². The molecular weight excluding hydrogens is 191 g/mol. The van der Waals surface area contributed by atoms with Crippen molar-refractivity contribution in [1.82, 2.24) is 9.47 Å². The first-order valence-corrected chi connectivity index (χ1v) is 5.19. The third kappa shape index (κ3) is 1.27. The van der Waals surface area contributed by atoms with E-state index >= 15 is 0 Å². The van der Waals surface area contributed by atoms with Gasteiger partial charge in [-0.05, 0) is 19.2 Å². The molecule has 2 heterocycles. The first-order valence-electron chi connectivity index (χ1n) is 5.19. The van der Waals surface area contributed by atoms with Gasteiger partial charge in [-0.2, -0.15) is 0 Å². The highest BCUT2D eigenvalue weighted by molar-refractivity contribution is 5.80. The van der Waals surface area contributed by atoms with Gasteiger partial charge in [-0.1, -0.05) is 12.1 Å². The highest BCUT2D eigenvalue weighted by atomic mass is 19.1. The number of fused-ring (bicyclic) bond motifs is 1. The van der Waals surface area contributed by atoms with E-state index in [4.69, 9.17) is 0 Å². The van der Waals surface area contributed by atoms with Crippen molar-refractivity contribution in [2.45, 2.75) is 6.04 Å². The van der Waals surface area contributed by atoms with Crippen LogP contribution in [0.25, 0.3) is 10.9 Å². The molecule has 0 saturated carbocycles. The first kappa shape index (κ1) is 8.92. The lowest BCUT2D eigenvalue weighted by atomic mass is 10.1. The van der Waals surface area contributed by atoms with Crippen molar-refractivity contribution >= 4 is 10.9 Å². The molecule has 2 nitrogen and oxygen atoms in total. The van der Waals surface area contributed by atoms with E-state index in [0.29, 0.717) is 6.04 Å². The van der Waals surface area contributed by atoms with Crippen LogP contribution in [0.15, 0.2) is 30.5 Å². The summed E-state index contributed by atoms with van der Waals surface area (Å²) in [6, 6.07) is 7.66. The van der Waals surface area contributed by atoms with Gasteiger partial charge in [0.05, 0.1) is 11.6 Å². The molecule has 3 rings (SSSR count). The Hall–Kier alpha value is -1.35. The van der Waals surface area contributed by atoms with Crippen molar-refractivity contribution in [3.8, 4) is 0 Å². The van der Waals surface area contributed by atoms with Gasteiger partial charge in [0.25, 0.3) is 0 Å². The van der Waals surface area contributed by atoms with E-state index in [2.05, 4.69) is 16.5 Å². The Morgan fingerprint density at radius 2 is 2.07 bits per heavy atom. The Morgan fingerprint density at radius 3 is 2.80 bits per heavy atom. The number of likely N-dealkylation sites (tertiary alicyclic amines) is 1. The van der Waals surface area contributed by atoms with Gasteiger partial charge in [0.2, 0.25) is 0 Å². The van der Waals surface area contributed by atoms with Gasteiger partial charge in [0, 0.05) is 24.7 Å². The zero-order valence-corrected chi connectivity index (χ0v) is 8.65. The van der Waals surface area contributed by atoms with Crippen molar-refractivity contribution in [2.24, 2.45) is 0 Å². The van der Waals surface area contributed by atoms with Crippen LogP contribution in [-0.4, -0.2) is 29.6 Å². The number of hydrogen-bond acceptors (Lipinski definition) is 1. The highest BCUT2D eigenvalue weighted by Gasteiger charge is 2.26. The largest absolute Gasteiger partial charge is 0.339 e. The molecule has 1 aliphatic heterocycles. The summed E-state index contributed by atoms with van der Waals surface area (Å²) in [5, 5.41) is 0.990. The van der Waals surface area contributed by atoms with Crippen molar-refractivity contribution in [2.75, 3.05) is 20.1 Å². The number of aromatic nitrogens is 1. The molecule has 1 saturated heterocycles. The molecule has 0 spiro atoms. The zero-order valence-electron chi connectivity index (χ0n) is 8.65. The topological polar surface area (TPSA) is 8.17 Å². The van der Waals surface area contributed by atoms with Gasteiger partial charge >= 0.3 is 0 Å². The van der Waals surface area contributed by atoms with Crippen LogP contribution in [-0.2, 0) is 0 Å². The van der Waals surface area contributed by atoms with Gasteiger partial charge in [0.15, 0.2) is 0 Å². The summed E-state index contributed by atoms with van der Waals surface area (Å²) in [7, 11) is 2.08. The Morgan fingerprint density at radius 1 is 1.27 bits per heavy atom. The third-order valence-electron chi connectivity index (χ3n) is 3.13. The average Bonchev–Trinajstić information content (AvgIpc) is 2.58. The van der Waals surface area contributed by atoms with Crippen molar-refractivity contribution < 1.29 is 4.39 Å². The molecule has 0 radical (unpaired) electrons. The van der Waals surface area contributed by atoms with Crippen LogP contribution in [0.5, 0.6) is 0 Å². The lowest BCUT2D eigenvalue weighted by molar-refractivity contribution is 0.143. The SMILES string of the molecule is CN1CC(n2ccc3cccc(F)c32)C1. The fourth-order valence-corrected chi connectivity index (χ4v) is 2.32. The molecular formula is C12H13FN2. The summed E-state index contributed by atoms with van der Waals surface area (Å²) in [5.41, 5.74) is 0.746. The lowest BCUT2D eigenvalue weighted by Crippen LogP contribution is -2.44. The maximum Gasteiger partial charge on any atom is 0.147 e. The zero-order chi connectivity index (χ0) is 10.4. The van der Waals surface area contributed by atoms with E-state index in [1.54, 1.807) is 6.07 Å². The van der Waals surface area contributed by atoms with Gasteiger partial charge in [-0.25, -0.2) is 4.39 Å². The molecule has 3 heteroatoms. The van der Waals surface area contributed by atoms with Crippen LogP contribution in [0.1, 0.15) is 6.04 Å². The Labute approximate surface area is 87.9 Å². The molecule has 1 aromatic heterocycles. The Balaban J connectivity index is 2.11. The van der Waals surface area contributed by atoms with E-state index in [9.17, 15) is 4.39 Å². The predicted octanol–water partition coefficient (Wildman–Crippen LogP) is 2.27. The van der Waals surface area contributed by atoms with Crippen molar-refractivity contribution in [1.29, 1.82) is 0 Å². The maximum absolute atomic E-state index is 13.7. The molecule has 0 bridgehead atoms. The standard InChI is InChI=1S/C12H13FN2/c1-14-7-10(8-14)15-6-5-9-3-2-4-11(13)12(9)15/h2-6,10H,7-8H2,1H3. The van der Waals surface area contributed by atoms with Crippen LogP contribution < -0.4 is 0 Å². The molecule has 15 heavy (non-hydrogen) atoms. The minimum Gasteiger partial charge on any atom is -0.339 e. The number of likely N-dealkylation sites (N-methyl/N-ethyl adjacent to an activating group) is 1. The second-order valence-electron chi connectivity index (χ2n) is 4.28. The molecule has 1 fully saturated rings. The predicted molar refractivity (Wildman–Crippen MR) is 58.4 cm³/mol. The molecule has 0 atom stereocenters. The monoisotopic (exact) mass is 204 g/mol. The van der Waals surface area contributed by atoms with Gasteiger partial charge in [0.1, 0.15) is 5.82 Å². The van der Waals surface area contributed by atoms with E-state index in [1.807, 2.05) is 18.3 Å². The van der Waals surface area contributed by atoms with Gasteiger partial charge in [-0.3, -0.25) is 0 Å². The molecule has 0 N–H and O–H groups in total. The molecule has 1 aromatic carbocycles. The number of hydrogen-bond donors (Lipinski definition) is 0. The molecule has 0 aliphatic carbocycles. The highest BCUT2D eigenvalue weighted by Crippen LogP contribution is 2.27. The summed E-state index contributed by atoms with van der Waals surface area (Å²) in [6.07, 6.45) is 1.99. The summed E-state index contributed by atoms with van der Waals surface area (Å²) in [4.78, 5) is 2.23. The quantitative estimate of drug-likeness (QED) is 0.691. The smallest absolute Gasteiger partial charge is 0.147 e. The third-order valence-corrected chi connectivity index (χ3v) is 3.13. The number of nitrogens with zero attached hydrogens (tertiary/aromatic N) is 2. The first-order chi connectivity index (χ1) is 7.25. The number of para-hydroxylation sites is 1. The van der Waals surface area contributed by atoms with Crippen molar-refractivity contribution in [3.63, 3.8) is 0 Å². The van der Waals surface area contributed by atoms with Gasteiger partial charge in [-0.15, -0.1) is 0 Å². The fraction of sp³-hybridized carbons (Fsp3) is 0.333. The minimum atomic E-state index is -0.118. The minimum absolute atomic E-state index is 0.118. The average molecular weight is 204 g/mol. The maximum atomic E-state index is 13.7. The summed E-state index contributed by atoms with van der Waals surface area (Å²) < 4.78 is 15.7. The lowest BCUT2D eigenvalue weighted by Gasteiger charge is -2.37. The molecule has 2 aromatic rings. The second-order valence-corrected chi connectivity index (χ2v) is 4.28. The van der Waals surface area contributed by atoms with E-state index in [0.717, 1.165) is 24.0 Å². The summed E-state index contributed by atoms with van der Waals surface area (Å²) in [6.45, 7) is 2.02. The van der Waals surface area contributed by atoms with Crippen LogP contribution in [0.4, 0.5) is 4.39 Å². The number of rotatable bonds is 1. The van der Waals surface area contributed by atoms with Crippen molar-refractivity contribution in [3.05, 3.63) is 36.3 Å². The van der Waals surface area contributed by atoms with Gasteiger partial charge < -0.3 is 9.47 Å². The summed E-state index contributed by atoms with van der Waals surface area (Å²) in [5.74, 6) is -0.118. The van der Waals surface area contributed by atoms with Crippen LogP contribution in [0.3, 0.4) is 0 Å². The normalized spacial score (nSPS) is 18.3. The Bertz CT molecular complexity index is 497. The van der Waals surface area contributed by atoms with Crippen LogP contribution in [0.2, 0.25) is 0 Å². The van der Waals surface area contributed by atoms with Crippen LogP contribution >= 0.6 is 0 Å². The Kier molecular flexibility index (Phi) is 1.83. The molecule has 78 valence electrons. The van der Waals surface area contributed by atoms with E-state index in [1.165, 1.54) is 6.07 Å². The molecule has 1 aliphatic rings. The fourth-order valence-electron chi connectivity index (χ4n) is 2.32. The number of halogens is 1. The van der Waals surface area contributed by atoms with E-state index in [-0.39, 0.29) is 5.82 Å². The molecule has 0 amide bonds. The number of benzene rings is 1. The summed E-state index contributed by atoms with van der Waals surface area (Å²) >= 11 is 0. The molecule has 0 unspecified atom stereocenters.